The fourth-order valence-corrected chi connectivity index (χ4v) is 2.50. The van der Waals surface area contributed by atoms with Gasteiger partial charge in [-0.15, -0.1) is 0 Å². The third-order valence-corrected chi connectivity index (χ3v) is 3.70. The summed E-state index contributed by atoms with van der Waals surface area (Å²) in [5.41, 5.74) is 0. The van der Waals surface area contributed by atoms with Gasteiger partial charge < -0.3 is 5.32 Å². The Morgan fingerprint density at radius 1 is 1.43 bits per heavy atom. The van der Waals surface area contributed by atoms with Crippen LogP contribution in [0.5, 0.6) is 0 Å². The zero-order valence-electron chi connectivity index (χ0n) is 9.58. The summed E-state index contributed by atoms with van der Waals surface area (Å²) in [5, 5.41) is 3.60. The van der Waals surface area contributed by atoms with Gasteiger partial charge in [-0.25, -0.2) is 0 Å². The van der Waals surface area contributed by atoms with Crippen LogP contribution in [-0.2, 0) is 10.8 Å². The molecule has 1 aliphatic rings. The fourth-order valence-electron chi connectivity index (χ4n) is 1.95. The monoisotopic (exact) mass is 217 g/mol. The molecular weight excluding hydrogens is 194 g/mol. The van der Waals surface area contributed by atoms with Crippen molar-refractivity contribution in [3.05, 3.63) is 0 Å². The van der Waals surface area contributed by atoms with Crippen LogP contribution in [0.3, 0.4) is 0 Å². The molecule has 0 spiro atoms. The lowest BCUT2D eigenvalue weighted by molar-refractivity contribution is 0.362. The minimum Gasteiger partial charge on any atom is -0.313 e. The highest BCUT2D eigenvalue weighted by molar-refractivity contribution is 7.84. The van der Waals surface area contributed by atoms with Crippen molar-refractivity contribution < 1.29 is 4.21 Å². The van der Waals surface area contributed by atoms with Crippen LogP contribution in [0.2, 0.25) is 0 Å². The van der Waals surface area contributed by atoms with Crippen LogP contribution in [0.4, 0.5) is 0 Å². The Labute approximate surface area is 90.3 Å². The van der Waals surface area contributed by atoms with Gasteiger partial charge in [0.05, 0.1) is 0 Å². The molecule has 2 nitrogen and oxygen atoms in total. The Hall–Kier alpha value is 0.110. The van der Waals surface area contributed by atoms with Gasteiger partial charge in [0, 0.05) is 28.9 Å². The topological polar surface area (TPSA) is 29.1 Å². The van der Waals surface area contributed by atoms with Crippen molar-refractivity contribution in [3.8, 4) is 0 Å². The van der Waals surface area contributed by atoms with E-state index in [-0.39, 0.29) is 0 Å². The molecule has 1 aliphatic carbocycles. The standard InChI is InChI=1S/C11H23NOS/c1-9(2)11(10-5-6-10)12-7-4-8-14(3)13/h9-12H,4-8H2,1-3H3. The zero-order chi connectivity index (χ0) is 10.6. The minimum atomic E-state index is -0.626. The predicted molar refractivity (Wildman–Crippen MR) is 62.9 cm³/mol. The van der Waals surface area contributed by atoms with Gasteiger partial charge in [-0.3, -0.25) is 4.21 Å². The molecule has 14 heavy (non-hydrogen) atoms. The number of hydrogen-bond donors (Lipinski definition) is 1. The Bertz CT molecular complexity index is 188. The minimum absolute atomic E-state index is 0.626. The molecule has 1 rings (SSSR count). The first-order valence-electron chi connectivity index (χ1n) is 5.64. The van der Waals surface area contributed by atoms with Crippen LogP contribution in [-0.4, -0.2) is 28.8 Å². The van der Waals surface area contributed by atoms with E-state index in [0.29, 0.717) is 6.04 Å². The molecule has 1 saturated carbocycles. The Morgan fingerprint density at radius 3 is 2.50 bits per heavy atom. The van der Waals surface area contributed by atoms with Crippen LogP contribution in [0.1, 0.15) is 33.1 Å². The first kappa shape index (κ1) is 12.2. The largest absolute Gasteiger partial charge is 0.313 e. The molecule has 0 heterocycles. The summed E-state index contributed by atoms with van der Waals surface area (Å²) in [6, 6.07) is 0.695. The first-order valence-corrected chi connectivity index (χ1v) is 7.37. The molecule has 0 aliphatic heterocycles. The summed E-state index contributed by atoms with van der Waals surface area (Å²) in [6.07, 6.45) is 5.62. The van der Waals surface area contributed by atoms with Crippen molar-refractivity contribution in [2.75, 3.05) is 18.6 Å². The van der Waals surface area contributed by atoms with E-state index < -0.39 is 10.8 Å². The van der Waals surface area contributed by atoms with E-state index >= 15 is 0 Å². The van der Waals surface area contributed by atoms with Gasteiger partial charge in [-0.05, 0) is 37.6 Å². The molecule has 0 bridgehead atoms. The van der Waals surface area contributed by atoms with Crippen molar-refractivity contribution in [2.45, 2.75) is 39.2 Å². The third kappa shape index (κ3) is 4.56. The van der Waals surface area contributed by atoms with Gasteiger partial charge in [0.2, 0.25) is 0 Å². The van der Waals surface area contributed by atoms with Gasteiger partial charge in [0.25, 0.3) is 0 Å². The van der Waals surface area contributed by atoms with E-state index in [9.17, 15) is 4.21 Å². The average molecular weight is 217 g/mol. The summed E-state index contributed by atoms with van der Waals surface area (Å²) in [5.74, 6) is 2.49. The summed E-state index contributed by atoms with van der Waals surface area (Å²) in [6.45, 7) is 5.60. The van der Waals surface area contributed by atoms with Gasteiger partial charge in [-0.1, -0.05) is 13.8 Å². The van der Waals surface area contributed by atoms with E-state index in [1.165, 1.54) is 12.8 Å². The van der Waals surface area contributed by atoms with Gasteiger partial charge in [0.15, 0.2) is 0 Å². The highest BCUT2D eigenvalue weighted by atomic mass is 32.2. The fraction of sp³-hybridized carbons (Fsp3) is 1.00. The molecule has 0 aromatic rings. The lowest BCUT2D eigenvalue weighted by Crippen LogP contribution is -2.36. The van der Waals surface area contributed by atoms with Crippen LogP contribution in [0, 0.1) is 11.8 Å². The molecule has 0 aromatic carbocycles. The molecule has 84 valence electrons. The third-order valence-electron chi connectivity index (χ3n) is 2.84. The van der Waals surface area contributed by atoms with E-state index in [0.717, 1.165) is 30.6 Å². The van der Waals surface area contributed by atoms with Crippen LogP contribution in [0.15, 0.2) is 0 Å². The Balaban J connectivity index is 2.10. The Kier molecular flexibility index (Phi) is 5.10. The summed E-state index contributed by atoms with van der Waals surface area (Å²) in [7, 11) is -0.626. The smallest absolute Gasteiger partial charge is 0.0244 e. The van der Waals surface area contributed by atoms with Crippen molar-refractivity contribution in [1.29, 1.82) is 0 Å². The van der Waals surface area contributed by atoms with E-state index in [1.54, 1.807) is 6.26 Å². The van der Waals surface area contributed by atoms with Crippen molar-refractivity contribution >= 4 is 10.8 Å². The number of hydrogen-bond acceptors (Lipinski definition) is 2. The molecule has 3 heteroatoms. The van der Waals surface area contributed by atoms with E-state index in [2.05, 4.69) is 19.2 Å². The zero-order valence-corrected chi connectivity index (χ0v) is 10.4. The lowest BCUT2D eigenvalue weighted by Gasteiger charge is -2.21. The van der Waals surface area contributed by atoms with Crippen LogP contribution >= 0.6 is 0 Å². The molecule has 1 fully saturated rings. The second kappa shape index (κ2) is 5.86. The highest BCUT2D eigenvalue weighted by Crippen LogP contribution is 2.35. The second-order valence-corrected chi connectivity index (χ2v) is 6.25. The van der Waals surface area contributed by atoms with Crippen molar-refractivity contribution in [2.24, 2.45) is 11.8 Å². The van der Waals surface area contributed by atoms with Crippen molar-refractivity contribution in [1.82, 2.24) is 5.32 Å². The van der Waals surface area contributed by atoms with Crippen LogP contribution < -0.4 is 5.32 Å². The molecule has 1 N–H and O–H groups in total. The molecule has 0 radical (unpaired) electrons. The number of nitrogens with one attached hydrogen (secondary N) is 1. The average Bonchev–Trinajstić information content (AvgIpc) is 2.86. The van der Waals surface area contributed by atoms with Crippen molar-refractivity contribution in [3.63, 3.8) is 0 Å². The molecule has 0 amide bonds. The van der Waals surface area contributed by atoms with Gasteiger partial charge >= 0.3 is 0 Å². The predicted octanol–water partition coefficient (Wildman–Crippen LogP) is 1.78. The summed E-state index contributed by atoms with van der Waals surface area (Å²) < 4.78 is 10.9. The van der Waals surface area contributed by atoms with E-state index in [1.807, 2.05) is 0 Å². The van der Waals surface area contributed by atoms with Gasteiger partial charge in [0.1, 0.15) is 0 Å². The quantitative estimate of drug-likeness (QED) is 0.659. The molecular formula is C11H23NOS. The normalized spacial score (nSPS) is 21.1. The molecule has 0 aromatic heterocycles. The lowest BCUT2D eigenvalue weighted by atomic mass is 9.99. The summed E-state index contributed by atoms with van der Waals surface area (Å²) >= 11 is 0. The number of rotatable bonds is 7. The maximum absolute atomic E-state index is 10.9. The Morgan fingerprint density at radius 2 is 2.07 bits per heavy atom. The summed E-state index contributed by atoms with van der Waals surface area (Å²) in [4.78, 5) is 0. The van der Waals surface area contributed by atoms with Crippen LogP contribution in [0.25, 0.3) is 0 Å². The van der Waals surface area contributed by atoms with E-state index in [4.69, 9.17) is 0 Å². The molecule has 0 saturated heterocycles. The SMILES string of the molecule is CC(C)C(NCCCS(C)=O)C1CC1. The first-order chi connectivity index (χ1) is 6.61. The second-order valence-electron chi connectivity index (χ2n) is 4.69. The van der Waals surface area contributed by atoms with Gasteiger partial charge in [-0.2, -0.15) is 0 Å². The highest BCUT2D eigenvalue weighted by Gasteiger charge is 2.32. The maximum atomic E-state index is 10.9. The maximum Gasteiger partial charge on any atom is 0.0244 e. The molecule has 2 unspecified atom stereocenters. The molecule has 2 atom stereocenters.